The van der Waals surface area contributed by atoms with E-state index in [0.717, 1.165) is 0 Å². The summed E-state index contributed by atoms with van der Waals surface area (Å²) in [6.07, 6.45) is 3.18. The second-order valence-electron chi connectivity index (χ2n) is 2.29. The van der Waals surface area contributed by atoms with Crippen LogP contribution in [0.15, 0.2) is 23.3 Å². The first kappa shape index (κ1) is 7.47. The maximum Gasteiger partial charge on any atom is 0.351 e. The van der Waals surface area contributed by atoms with Gasteiger partial charge in [0.25, 0.3) is 5.95 Å². The lowest BCUT2D eigenvalue weighted by Crippen LogP contribution is -2.18. The highest BCUT2D eigenvalue weighted by atomic mass is 16.1. The van der Waals surface area contributed by atoms with Crippen LogP contribution in [0.25, 0.3) is 5.95 Å². The fraction of sp³-hybridized carbons (Fsp3) is 0. The zero-order valence-electron chi connectivity index (χ0n) is 6.51. The predicted molar refractivity (Wildman–Crippen MR) is 44.2 cm³/mol. The van der Waals surface area contributed by atoms with Crippen LogP contribution in [-0.2, 0) is 0 Å². The molecule has 0 saturated heterocycles. The van der Waals surface area contributed by atoms with Crippen molar-refractivity contribution in [2.75, 3.05) is 5.73 Å². The smallest absolute Gasteiger partial charge is 0.351 e. The Hall–Kier alpha value is -2.18. The third kappa shape index (κ3) is 1.39. The maximum absolute atomic E-state index is 10.9. The summed E-state index contributed by atoms with van der Waals surface area (Å²) in [5.41, 5.74) is 4.77. The predicted octanol–water partition coefficient (Wildman–Crippen LogP) is -1.07. The second kappa shape index (κ2) is 2.70. The van der Waals surface area contributed by atoms with Gasteiger partial charge in [0.2, 0.25) is 5.95 Å². The molecule has 0 fully saturated rings. The topological polar surface area (TPSA) is 102 Å². The van der Waals surface area contributed by atoms with Crippen LogP contribution in [0.3, 0.4) is 0 Å². The molecular weight excluding hydrogens is 172 g/mol. The Morgan fingerprint density at radius 2 is 2.31 bits per heavy atom. The van der Waals surface area contributed by atoms with Crippen molar-refractivity contribution in [2.45, 2.75) is 0 Å². The Kier molecular flexibility index (Phi) is 1.55. The molecule has 66 valence electrons. The Labute approximate surface area is 72.3 Å². The molecule has 0 unspecified atom stereocenters. The van der Waals surface area contributed by atoms with E-state index in [1.165, 1.54) is 4.68 Å². The Balaban J connectivity index is 2.59. The van der Waals surface area contributed by atoms with Crippen molar-refractivity contribution >= 4 is 5.95 Å². The van der Waals surface area contributed by atoms with Crippen molar-refractivity contribution < 1.29 is 0 Å². The average molecular weight is 178 g/mol. The number of H-pyrrole nitrogens is 1. The number of nitrogens with zero attached hydrogens (tertiary/aromatic N) is 4. The van der Waals surface area contributed by atoms with Crippen molar-refractivity contribution in [1.29, 1.82) is 0 Å². The quantitative estimate of drug-likeness (QED) is 0.579. The number of aromatic nitrogens is 5. The maximum atomic E-state index is 10.9. The lowest BCUT2D eigenvalue weighted by molar-refractivity contribution is 0.787. The Morgan fingerprint density at radius 3 is 2.92 bits per heavy atom. The van der Waals surface area contributed by atoms with Crippen LogP contribution < -0.4 is 11.4 Å². The van der Waals surface area contributed by atoms with Crippen LogP contribution in [0.1, 0.15) is 0 Å². The lowest BCUT2D eigenvalue weighted by Gasteiger charge is -1.97. The van der Waals surface area contributed by atoms with Gasteiger partial charge in [0.1, 0.15) is 0 Å². The van der Waals surface area contributed by atoms with Gasteiger partial charge in [-0.05, 0) is 6.07 Å². The van der Waals surface area contributed by atoms with Gasteiger partial charge in [-0.25, -0.2) is 9.48 Å². The molecule has 0 aliphatic heterocycles. The first-order valence-electron chi connectivity index (χ1n) is 3.49. The summed E-state index contributed by atoms with van der Waals surface area (Å²) in [6.45, 7) is 0. The molecule has 2 aromatic rings. The highest BCUT2D eigenvalue weighted by molar-refractivity contribution is 5.19. The lowest BCUT2D eigenvalue weighted by atomic mass is 10.7. The SMILES string of the molecule is Nc1nc(-n2cccn2)nc(=O)[nH]1. The first-order chi connectivity index (χ1) is 6.25. The van der Waals surface area contributed by atoms with Crippen molar-refractivity contribution in [1.82, 2.24) is 24.7 Å². The molecule has 0 amide bonds. The van der Waals surface area contributed by atoms with Crippen molar-refractivity contribution in [3.05, 3.63) is 28.9 Å². The van der Waals surface area contributed by atoms with E-state index in [1.807, 2.05) is 0 Å². The summed E-state index contributed by atoms with van der Waals surface area (Å²) in [6, 6.07) is 1.70. The summed E-state index contributed by atoms with van der Waals surface area (Å²) in [5, 5.41) is 3.85. The van der Waals surface area contributed by atoms with E-state index in [1.54, 1.807) is 18.5 Å². The van der Waals surface area contributed by atoms with Gasteiger partial charge in [-0.2, -0.15) is 15.1 Å². The van der Waals surface area contributed by atoms with Gasteiger partial charge < -0.3 is 5.73 Å². The van der Waals surface area contributed by atoms with Gasteiger partial charge in [0.15, 0.2) is 0 Å². The fourth-order valence-corrected chi connectivity index (χ4v) is 0.879. The summed E-state index contributed by atoms with van der Waals surface area (Å²) in [4.78, 5) is 20.5. The van der Waals surface area contributed by atoms with Crippen LogP contribution in [0, 0.1) is 0 Å². The first-order valence-corrected chi connectivity index (χ1v) is 3.49. The monoisotopic (exact) mass is 178 g/mol. The standard InChI is InChI=1S/C6H6N6O/c7-4-9-5(11-6(13)10-4)12-3-1-2-8-12/h1-3H,(H3,7,9,10,11,13). The average Bonchev–Trinajstić information content (AvgIpc) is 2.53. The van der Waals surface area contributed by atoms with Gasteiger partial charge in [-0.1, -0.05) is 0 Å². The second-order valence-corrected chi connectivity index (χ2v) is 2.29. The molecule has 2 rings (SSSR count). The van der Waals surface area contributed by atoms with Gasteiger partial charge in [-0.3, -0.25) is 4.98 Å². The highest BCUT2D eigenvalue weighted by Crippen LogP contribution is 1.95. The zero-order chi connectivity index (χ0) is 9.26. The number of hydrogen-bond acceptors (Lipinski definition) is 5. The van der Waals surface area contributed by atoms with Crippen LogP contribution in [-0.4, -0.2) is 24.7 Å². The summed E-state index contributed by atoms with van der Waals surface area (Å²) in [5.74, 6) is 0.178. The molecule has 0 atom stereocenters. The molecule has 13 heavy (non-hydrogen) atoms. The van der Waals surface area contributed by atoms with Gasteiger partial charge in [-0.15, -0.1) is 0 Å². The number of aromatic amines is 1. The molecule has 2 heterocycles. The number of rotatable bonds is 1. The van der Waals surface area contributed by atoms with E-state index >= 15 is 0 Å². The molecule has 0 aliphatic rings. The molecule has 7 heteroatoms. The van der Waals surface area contributed by atoms with Gasteiger partial charge >= 0.3 is 5.69 Å². The molecule has 2 aromatic heterocycles. The van der Waals surface area contributed by atoms with Crippen LogP contribution in [0.4, 0.5) is 5.95 Å². The van der Waals surface area contributed by atoms with Crippen LogP contribution in [0.2, 0.25) is 0 Å². The molecule has 0 radical (unpaired) electrons. The van der Waals surface area contributed by atoms with E-state index in [4.69, 9.17) is 5.73 Å². The van der Waals surface area contributed by atoms with E-state index in [0.29, 0.717) is 0 Å². The Morgan fingerprint density at radius 1 is 1.46 bits per heavy atom. The molecule has 0 aliphatic carbocycles. The molecule has 3 N–H and O–H groups in total. The summed E-state index contributed by atoms with van der Waals surface area (Å²) >= 11 is 0. The third-order valence-electron chi connectivity index (χ3n) is 1.37. The van der Waals surface area contributed by atoms with Gasteiger partial charge in [0.05, 0.1) is 0 Å². The number of nitrogens with one attached hydrogen (secondary N) is 1. The summed E-state index contributed by atoms with van der Waals surface area (Å²) in [7, 11) is 0. The largest absolute Gasteiger partial charge is 0.369 e. The number of nitrogens with two attached hydrogens (primary N) is 1. The number of hydrogen-bond donors (Lipinski definition) is 2. The van der Waals surface area contributed by atoms with Crippen molar-refractivity contribution in [3.63, 3.8) is 0 Å². The Bertz CT molecular complexity index is 458. The zero-order valence-corrected chi connectivity index (χ0v) is 6.51. The van der Waals surface area contributed by atoms with Crippen LogP contribution >= 0.6 is 0 Å². The summed E-state index contributed by atoms with van der Waals surface area (Å²) < 4.78 is 1.35. The van der Waals surface area contributed by atoms with E-state index in [2.05, 4.69) is 20.1 Å². The molecular formula is C6H6N6O. The normalized spacial score (nSPS) is 10.2. The highest BCUT2D eigenvalue weighted by Gasteiger charge is 2.01. The minimum absolute atomic E-state index is 0.0190. The number of nitrogen functional groups attached to an aromatic ring is 1. The van der Waals surface area contributed by atoms with Crippen LogP contribution in [0.5, 0.6) is 0 Å². The van der Waals surface area contributed by atoms with Crippen molar-refractivity contribution in [3.8, 4) is 5.95 Å². The van der Waals surface area contributed by atoms with Gasteiger partial charge in [0, 0.05) is 12.4 Å². The van der Waals surface area contributed by atoms with E-state index in [9.17, 15) is 4.79 Å². The molecule has 0 spiro atoms. The molecule has 7 nitrogen and oxygen atoms in total. The minimum Gasteiger partial charge on any atom is -0.369 e. The number of anilines is 1. The fourth-order valence-electron chi connectivity index (χ4n) is 0.879. The molecule has 0 aromatic carbocycles. The third-order valence-corrected chi connectivity index (χ3v) is 1.37. The molecule has 0 bridgehead atoms. The minimum atomic E-state index is -0.544. The molecule has 0 saturated carbocycles. The van der Waals surface area contributed by atoms with E-state index in [-0.39, 0.29) is 11.9 Å². The van der Waals surface area contributed by atoms with E-state index < -0.39 is 5.69 Å². The van der Waals surface area contributed by atoms with Crippen molar-refractivity contribution in [2.24, 2.45) is 0 Å².